The largest absolute Gasteiger partial charge is 0.481 e. The quantitative estimate of drug-likeness (QED) is 0.0302. The van der Waals surface area contributed by atoms with Crippen LogP contribution in [0.2, 0.25) is 0 Å². The summed E-state index contributed by atoms with van der Waals surface area (Å²) in [5.74, 6) is -17.1. The van der Waals surface area contributed by atoms with Gasteiger partial charge < -0.3 is 74.2 Å². The number of carboxylic acid groups (broad SMARTS) is 5. The molecule has 16 N–H and O–H groups in total. The molecule has 0 aromatic rings. The third-order valence-electron chi connectivity index (χ3n) is 8.72. The smallest absolute Gasteiger partial charge is 0.326 e. The highest BCUT2D eigenvalue weighted by molar-refractivity contribution is 5.98. The van der Waals surface area contributed by atoms with Crippen molar-refractivity contribution in [1.29, 1.82) is 0 Å². The molecule has 0 radical (unpaired) electrons. The molecule has 0 aliphatic carbocycles. The summed E-state index contributed by atoms with van der Waals surface area (Å²) >= 11 is 0. The molecule has 0 bridgehead atoms. The number of primary amides is 1. The summed E-state index contributed by atoms with van der Waals surface area (Å²) in [5, 5.41) is 61.5. The summed E-state index contributed by atoms with van der Waals surface area (Å²) in [6, 6.07) is -11.7. The van der Waals surface area contributed by atoms with Crippen molar-refractivity contribution in [3.8, 4) is 0 Å². The molecule has 0 saturated carbocycles. The molecule has 8 amide bonds. The molecular formula is C37H59N9O18. The van der Waals surface area contributed by atoms with Crippen LogP contribution in [-0.4, -0.2) is 151 Å². The van der Waals surface area contributed by atoms with E-state index in [1.54, 1.807) is 27.7 Å². The minimum atomic E-state index is -1.93. The third kappa shape index (κ3) is 24.5. The highest BCUT2D eigenvalue weighted by Gasteiger charge is 2.34. The number of hydrogen-bond acceptors (Lipinski definition) is 14. The molecule has 27 heteroatoms. The van der Waals surface area contributed by atoms with E-state index in [-0.39, 0.29) is 24.7 Å². The van der Waals surface area contributed by atoms with E-state index in [1.165, 1.54) is 0 Å². The molecule has 27 nitrogen and oxygen atoms in total. The topological polar surface area (TPSA) is 459 Å². The van der Waals surface area contributed by atoms with Gasteiger partial charge in [-0.3, -0.25) is 57.5 Å². The van der Waals surface area contributed by atoms with Crippen LogP contribution in [-0.2, 0) is 62.3 Å². The number of amides is 8. The van der Waals surface area contributed by atoms with Crippen molar-refractivity contribution in [2.45, 2.75) is 134 Å². The zero-order valence-electron chi connectivity index (χ0n) is 35.7. The fraction of sp³-hybridized carbons (Fsp3) is 0.649. The fourth-order valence-corrected chi connectivity index (χ4v) is 5.62. The molecule has 0 rings (SSSR count). The predicted octanol–water partition coefficient (Wildman–Crippen LogP) is -4.54. The number of rotatable bonds is 32. The van der Waals surface area contributed by atoms with Crippen molar-refractivity contribution in [2.75, 3.05) is 6.54 Å². The van der Waals surface area contributed by atoms with Crippen LogP contribution < -0.4 is 48.7 Å². The number of hydrogen-bond donors (Lipinski definition) is 14. The molecule has 0 aromatic heterocycles. The Hall–Kier alpha value is -6.93. The SMILES string of the molecule is CC(C)C[C@H](NC(=O)[C@H](CCC(=O)O)NC(=O)CNC(=O)[C@H](CC(N)=O)NC(=O)[C@H](CCC(=O)O)NC(=O)[C@H](CCC(=O)O)NC(=O)[C@H](CC(=O)O)NC(=O)[C@@H](N)CC(C)C)C(=O)O. The first-order valence-corrected chi connectivity index (χ1v) is 19.9. The van der Waals surface area contributed by atoms with E-state index < -0.39 is 177 Å². The Morgan fingerprint density at radius 2 is 0.797 bits per heavy atom. The van der Waals surface area contributed by atoms with E-state index >= 15 is 0 Å². The predicted molar refractivity (Wildman–Crippen MR) is 216 cm³/mol. The molecule has 64 heavy (non-hydrogen) atoms. The van der Waals surface area contributed by atoms with Crippen LogP contribution in [0.3, 0.4) is 0 Å². The maximum absolute atomic E-state index is 13.5. The van der Waals surface area contributed by atoms with E-state index in [4.69, 9.17) is 16.6 Å². The van der Waals surface area contributed by atoms with Crippen LogP contribution >= 0.6 is 0 Å². The van der Waals surface area contributed by atoms with Crippen molar-refractivity contribution in [1.82, 2.24) is 37.2 Å². The highest BCUT2D eigenvalue weighted by Crippen LogP contribution is 2.09. The molecule has 0 aliphatic heterocycles. The van der Waals surface area contributed by atoms with E-state index in [9.17, 15) is 82.8 Å². The van der Waals surface area contributed by atoms with Crippen LogP contribution in [0.5, 0.6) is 0 Å². The highest BCUT2D eigenvalue weighted by atomic mass is 16.4. The van der Waals surface area contributed by atoms with E-state index in [2.05, 4.69) is 37.2 Å². The average Bonchev–Trinajstić information content (AvgIpc) is 3.16. The van der Waals surface area contributed by atoms with Crippen LogP contribution in [0, 0.1) is 11.8 Å². The van der Waals surface area contributed by atoms with Crippen LogP contribution in [0.25, 0.3) is 0 Å². The number of nitrogens with two attached hydrogens (primary N) is 2. The molecule has 0 fully saturated rings. The Bertz CT molecular complexity index is 1740. The molecule has 7 atom stereocenters. The van der Waals surface area contributed by atoms with Gasteiger partial charge in [-0.05, 0) is 43.9 Å². The number of aliphatic carboxylic acids is 5. The zero-order chi connectivity index (χ0) is 49.4. The average molecular weight is 918 g/mol. The minimum Gasteiger partial charge on any atom is -0.481 e. The maximum atomic E-state index is 13.5. The van der Waals surface area contributed by atoms with Gasteiger partial charge in [0.15, 0.2) is 0 Å². The van der Waals surface area contributed by atoms with Crippen LogP contribution in [0.4, 0.5) is 0 Å². The number of nitrogens with one attached hydrogen (secondary N) is 7. The van der Waals surface area contributed by atoms with Gasteiger partial charge in [0.25, 0.3) is 0 Å². The Kier molecular flexibility index (Phi) is 25.5. The van der Waals surface area contributed by atoms with Crippen molar-refractivity contribution in [2.24, 2.45) is 23.3 Å². The summed E-state index contributed by atoms with van der Waals surface area (Å²) in [7, 11) is 0. The Labute approximate surface area is 365 Å². The lowest BCUT2D eigenvalue weighted by Gasteiger charge is -2.26. The summed E-state index contributed by atoms with van der Waals surface area (Å²) in [6.45, 7) is 5.86. The lowest BCUT2D eigenvalue weighted by molar-refractivity contribution is -0.143. The van der Waals surface area contributed by atoms with E-state index in [1.807, 2.05) is 0 Å². The molecule has 0 aromatic carbocycles. The lowest BCUT2D eigenvalue weighted by Crippen LogP contribution is -2.59. The normalized spacial score (nSPS) is 14.2. The van der Waals surface area contributed by atoms with Gasteiger partial charge in [-0.25, -0.2) is 4.79 Å². The van der Waals surface area contributed by atoms with Gasteiger partial charge in [0.05, 0.1) is 25.4 Å². The van der Waals surface area contributed by atoms with Gasteiger partial charge in [-0.2, -0.15) is 0 Å². The molecule has 0 spiro atoms. The number of carboxylic acids is 5. The fourth-order valence-electron chi connectivity index (χ4n) is 5.62. The monoisotopic (exact) mass is 917 g/mol. The summed E-state index contributed by atoms with van der Waals surface area (Å²) in [4.78, 5) is 161. The molecule has 360 valence electrons. The first-order chi connectivity index (χ1) is 29.6. The summed E-state index contributed by atoms with van der Waals surface area (Å²) < 4.78 is 0. The van der Waals surface area contributed by atoms with Gasteiger partial charge >= 0.3 is 29.8 Å². The molecule has 0 heterocycles. The van der Waals surface area contributed by atoms with Gasteiger partial charge in [0, 0.05) is 19.3 Å². The number of carbonyl (C=O) groups is 13. The first-order valence-electron chi connectivity index (χ1n) is 19.9. The van der Waals surface area contributed by atoms with Gasteiger partial charge in [-0.1, -0.05) is 27.7 Å². The van der Waals surface area contributed by atoms with Crippen molar-refractivity contribution in [3.05, 3.63) is 0 Å². The van der Waals surface area contributed by atoms with Crippen molar-refractivity contribution < 1.29 is 87.9 Å². The van der Waals surface area contributed by atoms with Crippen LogP contribution in [0.1, 0.15) is 91.9 Å². The maximum Gasteiger partial charge on any atom is 0.326 e. The first kappa shape index (κ1) is 57.1. The summed E-state index contributed by atoms with van der Waals surface area (Å²) in [6.07, 6.45) is -6.02. The Morgan fingerprint density at radius 3 is 1.17 bits per heavy atom. The van der Waals surface area contributed by atoms with Gasteiger partial charge in [0.2, 0.25) is 47.3 Å². The van der Waals surface area contributed by atoms with Gasteiger partial charge in [0.1, 0.15) is 36.3 Å². The lowest BCUT2D eigenvalue weighted by atomic mass is 10.0. The van der Waals surface area contributed by atoms with Crippen molar-refractivity contribution >= 4 is 77.1 Å². The van der Waals surface area contributed by atoms with E-state index in [0.717, 1.165) is 0 Å². The van der Waals surface area contributed by atoms with Crippen molar-refractivity contribution in [3.63, 3.8) is 0 Å². The minimum absolute atomic E-state index is 0.0168. The third-order valence-corrected chi connectivity index (χ3v) is 8.72. The van der Waals surface area contributed by atoms with Gasteiger partial charge in [-0.15, -0.1) is 0 Å². The molecule has 0 unspecified atom stereocenters. The second kappa shape index (κ2) is 28.6. The number of carbonyl (C=O) groups excluding carboxylic acids is 8. The molecule has 0 saturated heterocycles. The standard InChI is InChI=1S/C37H59N9O18/c1-16(2)11-18(38)31(57)44-23(14-30(55)56)36(62)43-20(6-9-28(51)52)34(60)42-21(7-10-29(53)54)35(61)45-22(13-25(39)47)32(58)40-15-26(48)41-19(5-8-27(49)50)33(59)46-24(37(63)64)12-17(3)4/h16-24H,5-15,38H2,1-4H3,(H2,39,47)(H,40,58)(H,41,48)(H,42,60)(H,43,62)(H,44,57)(H,45,61)(H,46,59)(H,49,50)(H,51,52)(H,53,54)(H,55,56)(H,63,64)/t18-,19-,20-,21-,22-,23-,24-/m0/s1. The van der Waals surface area contributed by atoms with E-state index in [0.29, 0.717) is 0 Å². The zero-order valence-corrected chi connectivity index (χ0v) is 35.7. The molecular weight excluding hydrogens is 858 g/mol. The molecule has 0 aliphatic rings. The second-order valence-corrected chi connectivity index (χ2v) is 15.4. The summed E-state index contributed by atoms with van der Waals surface area (Å²) in [5.41, 5.74) is 11.1. The Morgan fingerprint density at radius 1 is 0.438 bits per heavy atom. The Balaban J connectivity index is 6.31. The second-order valence-electron chi connectivity index (χ2n) is 15.4. The van der Waals surface area contributed by atoms with Crippen LogP contribution in [0.15, 0.2) is 0 Å².